The van der Waals surface area contributed by atoms with E-state index < -0.39 is 0 Å². The fourth-order valence-electron chi connectivity index (χ4n) is 1.97. The molecule has 0 aromatic carbocycles. The number of rotatable bonds is 6. The molecule has 0 aliphatic heterocycles. The minimum atomic E-state index is -0.0358. The molecule has 2 heterocycles. The van der Waals surface area contributed by atoms with Gasteiger partial charge in [0.15, 0.2) is 5.65 Å². The summed E-state index contributed by atoms with van der Waals surface area (Å²) in [5.74, 6) is 0. The fourth-order valence-corrected chi connectivity index (χ4v) is 1.97. The van der Waals surface area contributed by atoms with E-state index in [4.69, 9.17) is 5.11 Å². The smallest absolute Gasteiger partial charge is 0.155 e. The maximum atomic E-state index is 9.10. The van der Waals surface area contributed by atoms with Gasteiger partial charge in [-0.3, -0.25) is 9.38 Å². The number of hydrogen-bond acceptors (Lipinski definition) is 4. The van der Waals surface area contributed by atoms with Crippen molar-refractivity contribution in [1.82, 2.24) is 19.7 Å². The van der Waals surface area contributed by atoms with E-state index in [1.807, 2.05) is 16.8 Å². The van der Waals surface area contributed by atoms with Crippen molar-refractivity contribution in [2.75, 3.05) is 6.61 Å². The molecular weight excluding hydrogens is 228 g/mol. The van der Waals surface area contributed by atoms with Crippen LogP contribution in [0.1, 0.15) is 32.4 Å². The van der Waals surface area contributed by atoms with Crippen molar-refractivity contribution in [1.29, 1.82) is 0 Å². The van der Waals surface area contributed by atoms with Crippen LogP contribution >= 0.6 is 0 Å². The van der Waals surface area contributed by atoms with Gasteiger partial charge in [-0.15, -0.1) is 0 Å². The summed E-state index contributed by atoms with van der Waals surface area (Å²) in [6, 6.07) is 0. The fraction of sp³-hybridized carbons (Fsp3) is 0.538. The Morgan fingerprint density at radius 2 is 2.28 bits per heavy atom. The van der Waals surface area contributed by atoms with Crippen LogP contribution in [0.3, 0.4) is 0 Å². The first-order valence-corrected chi connectivity index (χ1v) is 6.30. The molecule has 0 aliphatic carbocycles. The van der Waals surface area contributed by atoms with Crippen LogP contribution in [-0.4, -0.2) is 31.6 Å². The molecule has 0 amide bonds. The van der Waals surface area contributed by atoms with Crippen LogP contribution in [-0.2, 0) is 6.54 Å². The molecule has 18 heavy (non-hydrogen) atoms. The molecule has 1 atom stereocenters. The van der Waals surface area contributed by atoms with E-state index in [1.54, 1.807) is 12.4 Å². The first-order chi connectivity index (χ1) is 8.68. The van der Waals surface area contributed by atoms with Gasteiger partial charge in [0, 0.05) is 31.1 Å². The molecule has 2 aromatic rings. The third-order valence-electron chi connectivity index (χ3n) is 3.53. The average molecular weight is 248 g/mol. The topological polar surface area (TPSA) is 62.5 Å². The Morgan fingerprint density at radius 1 is 1.44 bits per heavy atom. The van der Waals surface area contributed by atoms with Gasteiger partial charge in [-0.05, 0) is 19.8 Å². The minimum absolute atomic E-state index is 0.0358. The van der Waals surface area contributed by atoms with E-state index in [1.165, 1.54) is 0 Å². The predicted molar refractivity (Wildman–Crippen MR) is 70.2 cm³/mol. The van der Waals surface area contributed by atoms with Gasteiger partial charge in [0.1, 0.15) is 0 Å². The minimum Gasteiger partial charge on any atom is -0.396 e. The Balaban J connectivity index is 2.10. The number of imidazole rings is 1. The molecule has 5 nitrogen and oxygen atoms in total. The third kappa shape index (κ3) is 2.68. The number of hydrogen-bond donors (Lipinski definition) is 2. The Morgan fingerprint density at radius 3 is 3.00 bits per heavy atom. The summed E-state index contributed by atoms with van der Waals surface area (Å²) >= 11 is 0. The van der Waals surface area contributed by atoms with E-state index in [0.29, 0.717) is 0 Å². The zero-order chi connectivity index (χ0) is 13.0. The largest absolute Gasteiger partial charge is 0.396 e. The monoisotopic (exact) mass is 248 g/mol. The quantitative estimate of drug-likeness (QED) is 0.810. The van der Waals surface area contributed by atoms with E-state index in [-0.39, 0.29) is 12.1 Å². The van der Waals surface area contributed by atoms with Crippen molar-refractivity contribution in [3.63, 3.8) is 0 Å². The Kier molecular flexibility index (Phi) is 3.93. The molecular formula is C13H20N4O. The van der Waals surface area contributed by atoms with Gasteiger partial charge in [-0.25, -0.2) is 4.98 Å². The highest BCUT2D eigenvalue weighted by Crippen LogP contribution is 2.15. The first-order valence-electron chi connectivity index (χ1n) is 6.30. The van der Waals surface area contributed by atoms with Crippen molar-refractivity contribution in [2.24, 2.45) is 0 Å². The van der Waals surface area contributed by atoms with Crippen LogP contribution in [0.15, 0.2) is 24.8 Å². The van der Waals surface area contributed by atoms with Gasteiger partial charge in [0.2, 0.25) is 0 Å². The van der Waals surface area contributed by atoms with Crippen molar-refractivity contribution < 1.29 is 5.11 Å². The standard InChI is InChI=1S/C13H20N4O/c1-3-13(2,4-7-18)16-9-11-8-15-12-10-14-5-6-17(11)12/h5-6,8,10,16,18H,3-4,7,9H2,1-2H3. The number of aliphatic hydroxyl groups is 1. The summed E-state index contributed by atoms with van der Waals surface area (Å²) in [6.07, 6.45) is 9.00. The maximum absolute atomic E-state index is 9.10. The second kappa shape index (κ2) is 5.46. The van der Waals surface area contributed by atoms with Crippen LogP contribution in [0, 0.1) is 0 Å². The number of aliphatic hydroxyl groups excluding tert-OH is 1. The molecule has 2 rings (SSSR count). The molecule has 2 N–H and O–H groups in total. The Bertz CT molecular complexity index is 510. The van der Waals surface area contributed by atoms with Crippen LogP contribution in [0.5, 0.6) is 0 Å². The van der Waals surface area contributed by atoms with E-state index >= 15 is 0 Å². The first kappa shape index (κ1) is 13.0. The molecule has 2 aromatic heterocycles. The lowest BCUT2D eigenvalue weighted by Crippen LogP contribution is -2.42. The normalized spacial score (nSPS) is 14.8. The average Bonchev–Trinajstić information content (AvgIpc) is 2.80. The summed E-state index contributed by atoms with van der Waals surface area (Å²) in [6.45, 7) is 5.19. The second-order valence-corrected chi connectivity index (χ2v) is 4.80. The molecule has 0 saturated carbocycles. The van der Waals surface area contributed by atoms with Gasteiger partial charge in [-0.1, -0.05) is 6.92 Å². The maximum Gasteiger partial charge on any atom is 0.155 e. The van der Waals surface area contributed by atoms with Crippen molar-refractivity contribution >= 4 is 5.65 Å². The van der Waals surface area contributed by atoms with Crippen molar-refractivity contribution in [3.8, 4) is 0 Å². The van der Waals surface area contributed by atoms with Gasteiger partial charge < -0.3 is 10.4 Å². The molecule has 0 spiro atoms. The van der Waals surface area contributed by atoms with E-state index in [0.717, 1.165) is 30.7 Å². The van der Waals surface area contributed by atoms with Crippen molar-refractivity contribution in [2.45, 2.75) is 38.8 Å². The Hall–Kier alpha value is -1.46. The SMILES string of the molecule is CCC(C)(CCO)NCc1cnc2cnccn12. The molecule has 1 unspecified atom stereocenters. The van der Waals surface area contributed by atoms with Crippen molar-refractivity contribution in [3.05, 3.63) is 30.5 Å². The summed E-state index contributed by atoms with van der Waals surface area (Å²) in [5.41, 5.74) is 1.92. The van der Waals surface area contributed by atoms with Crippen LogP contribution in [0.2, 0.25) is 0 Å². The van der Waals surface area contributed by atoms with Gasteiger partial charge in [0.25, 0.3) is 0 Å². The third-order valence-corrected chi connectivity index (χ3v) is 3.53. The second-order valence-electron chi connectivity index (χ2n) is 4.80. The Labute approximate surface area is 107 Å². The van der Waals surface area contributed by atoms with Gasteiger partial charge in [-0.2, -0.15) is 0 Å². The predicted octanol–water partition coefficient (Wildman–Crippen LogP) is 1.37. The number of nitrogens with one attached hydrogen (secondary N) is 1. The summed E-state index contributed by atoms with van der Waals surface area (Å²) < 4.78 is 2.02. The zero-order valence-electron chi connectivity index (χ0n) is 10.9. The molecule has 0 aliphatic rings. The number of fused-ring (bicyclic) bond motifs is 1. The van der Waals surface area contributed by atoms with Crippen LogP contribution in [0.25, 0.3) is 5.65 Å². The summed E-state index contributed by atoms with van der Waals surface area (Å²) in [5, 5.41) is 12.6. The van der Waals surface area contributed by atoms with Gasteiger partial charge >= 0.3 is 0 Å². The molecule has 5 heteroatoms. The lowest BCUT2D eigenvalue weighted by atomic mass is 9.95. The number of aromatic nitrogens is 3. The molecule has 0 saturated heterocycles. The van der Waals surface area contributed by atoms with Crippen LogP contribution in [0.4, 0.5) is 0 Å². The summed E-state index contributed by atoms with van der Waals surface area (Å²) in [4.78, 5) is 8.35. The zero-order valence-corrected chi connectivity index (χ0v) is 10.9. The lowest BCUT2D eigenvalue weighted by molar-refractivity contribution is 0.214. The highest BCUT2D eigenvalue weighted by Gasteiger charge is 2.20. The van der Waals surface area contributed by atoms with Gasteiger partial charge in [0.05, 0.1) is 18.1 Å². The molecule has 98 valence electrons. The lowest BCUT2D eigenvalue weighted by Gasteiger charge is -2.29. The molecule has 0 bridgehead atoms. The van der Waals surface area contributed by atoms with Crippen LogP contribution < -0.4 is 5.32 Å². The molecule has 0 fully saturated rings. The van der Waals surface area contributed by atoms with E-state index in [9.17, 15) is 0 Å². The highest BCUT2D eigenvalue weighted by atomic mass is 16.3. The summed E-state index contributed by atoms with van der Waals surface area (Å²) in [7, 11) is 0. The highest BCUT2D eigenvalue weighted by molar-refractivity contribution is 5.36. The molecule has 0 radical (unpaired) electrons. The van der Waals surface area contributed by atoms with E-state index in [2.05, 4.69) is 29.1 Å². The number of nitrogens with zero attached hydrogens (tertiary/aromatic N) is 3.